The molecular formula is C17H13ClN4O4. The maximum absolute atomic E-state index is 12.4. The summed E-state index contributed by atoms with van der Waals surface area (Å²) in [7, 11) is 1.57. The number of nitrogens with zero attached hydrogens (tertiary/aromatic N) is 4. The third kappa shape index (κ3) is 3.70. The Kier molecular flexibility index (Phi) is 4.94. The van der Waals surface area contributed by atoms with E-state index in [9.17, 15) is 14.9 Å². The van der Waals surface area contributed by atoms with E-state index in [1.165, 1.54) is 29.2 Å². The van der Waals surface area contributed by atoms with E-state index in [4.69, 9.17) is 16.1 Å². The van der Waals surface area contributed by atoms with Gasteiger partial charge in [0.25, 0.3) is 11.6 Å². The lowest BCUT2D eigenvalue weighted by Gasteiger charge is -2.14. The molecule has 0 saturated heterocycles. The number of aromatic nitrogens is 2. The van der Waals surface area contributed by atoms with E-state index < -0.39 is 4.92 Å². The van der Waals surface area contributed by atoms with Gasteiger partial charge in [-0.2, -0.15) is 4.98 Å². The first-order valence-corrected chi connectivity index (χ1v) is 7.91. The van der Waals surface area contributed by atoms with E-state index >= 15 is 0 Å². The highest BCUT2D eigenvalue weighted by Gasteiger charge is 2.18. The van der Waals surface area contributed by atoms with Crippen LogP contribution >= 0.6 is 11.6 Å². The van der Waals surface area contributed by atoms with Gasteiger partial charge in [0, 0.05) is 30.3 Å². The number of non-ortho nitro benzene ring substituents is 1. The monoisotopic (exact) mass is 372 g/mol. The smallest absolute Gasteiger partial charge is 0.269 e. The number of halogens is 1. The van der Waals surface area contributed by atoms with Crippen molar-refractivity contribution in [2.45, 2.75) is 6.54 Å². The standard InChI is InChI=1S/C17H13ClN4O4/c1-21(17(23)11-6-8-12(9-7-11)22(24)25)10-15-19-16(20-26-15)13-4-2-3-5-14(13)18/h2-9H,10H2,1H3. The Balaban J connectivity index is 1.72. The van der Waals surface area contributed by atoms with Gasteiger partial charge in [0.1, 0.15) is 0 Å². The zero-order valence-electron chi connectivity index (χ0n) is 13.6. The second kappa shape index (κ2) is 7.32. The van der Waals surface area contributed by atoms with Crippen LogP contribution in [0.1, 0.15) is 16.2 Å². The van der Waals surface area contributed by atoms with Crippen molar-refractivity contribution >= 4 is 23.2 Å². The lowest BCUT2D eigenvalue weighted by molar-refractivity contribution is -0.384. The molecule has 0 unspecified atom stereocenters. The number of hydrogen-bond acceptors (Lipinski definition) is 6. The van der Waals surface area contributed by atoms with E-state index in [0.717, 1.165) is 0 Å². The van der Waals surface area contributed by atoms with Crippen molar-refractivity contribution in [1.82, 2.24) is 15.0 Å². The van der Waals surface area contributed by atoms with E-state index in [0.29, 0.717) is 22.0 Å². The van der Waals surface area contributed by atoms with Crippen LogP contribution in [0.4, 0.5) is 5.69 Å². The zero-order valence-corrected chi connectivity index (χ0v) is 14.4. The molecule has 1 aromatic heterocycles. The molecule has 0 aliphatic carbocycles. The molecule has 1 heterocycles. The summed E-state index contributed by atoms with van der Waals surface area (Å²) >= 11 is 6.11. The van der Waals surface area contributed by atoms with Crippen molar-refractivity contribution < 1.29 is 14.2 Å². The lowest BCUT2D eigenvalue weighted by atomic mass is 10.2. The molecule has 3 aromatic rings. The molecule has 0 bridgehead atoms. The number of nitro benzene ring substituents is 1. The molecule has 26 heavy (non-hydrogen) atoms. The van der Waals surface area contributed by atoms with Gasteiger partial charge in [-0.05, 0) is 24.3 Å². The maximum atomic E-state index is 12.4. The zero-order chi connectivity index (χ0) is 18.7. The molecule has 0 aliphatic heterocycles. The number of carbonyl (C=O) groups is 1. The minimum Gasteiger partial charge on any atom is -0.337 e. The van der Waals surface area contributed by atoms with Crippen LogP contribution in [0.2, 0.25) is 5.02 Å². The van der Waals surface area contributed by atoms with Gasteiger partial charge in [-0.3, -0.25) is 14.9 Å². The Bertz CT molecular complexity index is 955. The van der Waals surface area contributed by atoms with Crippen LogP contribution in [0, 0.1) is 10.1 Å². The van der Waals surface area contributed by atoms with Crippen LogP contribution in [0.5, 0.6) is 0 Å². The summed E-state index contributed by atoms with van der Waals surface area (Å²) in [6.45, 7) is 0.0905. The summed E-state index contributed by atoms with van der Waals surface area (Å²) in [5.74, 6) is 0.261. The number of amides is 1. The Morgan fingerprint density at radius 3 is 2.58 bits per heavy atom. The molecule has 0 saturated carbocycles. The Hall–Kier alpha value is -3.26. The van der Waals surface area contributed by atoms with Crippen molar-refractivity contribution in [1.29, 1.82) is 0 Å². The van der Waals surface area contributed by atoms with Gasteiger partial charge in [0.05, 0.1) is 16.5 Å². The van der Waals surface area contributed by atoms with Gasteiger partial charge >= 0.3 is 0 Å². The van der Waals surface area contributed by atoms with E-state index in [-0.39, 0.29) is 24.0 Å². The van der Waals surface area contributed by atoms with Gasteiger partial charge in [-0.1, -0.05) is 28.9 Å². The van der Waals surface area contributed by atoms with E-state index in [1.54, 1.807) is 25.2 Å². The lowest BCUT2D eigenvalue weighted by Crippen LogP contribution is -2.26. The molecule has 0 spiro atoms. The number of rotatable bonds is 5. The Morgan fingerprint density at radius 2 is 1.92 bits per heavy atom. The quantitative estimate of drug-likeness (QED) is 0.501. The summed E-state index contributed by atoms with van der Waals surface area (Å²) in [6.07, 6.45) is 0. The summed E-state index contributed by atoms with van der Waals surface area (Å²) < 4.78 is 5.18. The van der Waals surface area contributed by atoms with E-state index in [2.05, 4.69) is 10.1 Å². The van der Waals surface area contributed by atoms with Crippen molar-refractivity contribution in [3.63, 3.8) is 0 Å². The third-order valence-corrected chi connectivity index (χ3v) is 3.96. The molecule has 9 heteroatoms. The minimum absolute atomic E-state index is 0.0783. The summed E-state index contributed by atoms with van der Waals surface area (Å²) in [6, 6.07) is 12.5. The van der Waals surface area contributed by atoms with E-state index in [1.807, 2.05) is 6.07 Å². The van der Waals surface area contributed by atoms with Crippen molar-refractivity contribution in [2.75, 3.05) is 7.05 Å². The normalized spacial score (nSPS) is 10.5. The summed E-state index contributed by atoms with van der Waals surface area (Å²) in [4.78, 5) is 28.2. The molecule has 2 aromatic carbocycles. The fraction of sp³-hybridized carbons (Fsp3) is 0.118. The average molecular weight is 373 g/mol. The van der Waals surface area contributed by atoms with Crippen molar-refractivity contribution in [2.24, 2.45) is 0 Å². The average Bonchev–Trinajstić information content (AvgIpc) is 3.09. The van der Waals surface area contributed by atoms with Gasteiger partial charge in [0.2, 0.25) is 11.7 Å². The van der Waals surface area contributed by atoms with Crippen LogP contribution in [0.25, 0.3) is 11.4 Å². The molecular weight excluding hydrogens is 360 g/mol. The molecule has 0 N–H and O–H groups in total. The Labute approximate surface area is 153 Å². The third-order valence-electron chi connectivity index (χ3n) is 3.63. The molecule has 0 aliphatic rings. The highest BCUT2D eigenvalue weighted by molar-refractivity contribution is 6.33. The number of carbonyl (C=O) groups excluding carboxylic acids is 1. The fourth-order valence-corrected chi connectivity index (χ4v) is 2.51. The van der Waals surface area contributed by atoms with Crippen molar-refractivity contribution in [3.05, 3.63) is 75.1 Å². The molecule has 0 fully saturated rings. The molecule has 0 radical (unpaired) electrons. The molecule has 8 nitrogen and oxygen atoms in total. The predicted octanol–water partition coefficient (Wildman–Crippen LogP) is 3.57. The number of nitro groups is 1. The summed E-state index contributed by atoms with van der Waals surface area (Å²) in [5, 5.41) is 15.0. The van der Waals surface area contributed by atoms with Gasteiger partial charge in [-0.15, -0.1) is 0 Å². The highest BCUT2D eigenvalue weighted by Crippen LogP contribution is 2.25. The van der Waals surface area contributed by atoms with Crippen molar-refractivity contribution in [3.8, 4) is 11.4 Å². The first kappa shape index (κ1) is 17.6. The van der Waals surface area contributed by atoms with Crippen LogP contribution in [-0.2, 0) is 6.54 Å². The van der Waals surface area contributed by atoms with Gasteiger partial charge < -0.3 is 9.42 Å². The van der Waals surface area contributed by atoms with Crippen LogP contribution in [0.15, 0.2) is 53.1 Å². The number of benzene rings is 2. The molecule has 1 amide bonds. The molecule has 132 valence electrons. The second-order valence-electron chi connectivity index (χ2n) is 5.46. The molecule has 0 atom stereocenters. The topological polar surface area (TPSA) is 102 Å². The van der Waals surface area contributed by atoms with Crippen LogP contribution in [-0.4, -0.2) is 32.9 Å². The first-order chi connectivity index (χ1) is 12.5. The summed E-state index contributed by atoms with van der Waals surface area (Å²) in [5.41, 5.74) is 0.878. The van der Waals surface area contributed by atoms with Crippen LogP contribution < -0.4 is 0 Å². The predicted molar refractivity (Wildman–Crippen MR) is 93.6 cm³/mol. The fourth-order valence-electron chi connectivity index (χ4n) is 2.29. The second-order valence-corrected chi connectivity index (χ2v) is 5.86. The van der Waals surface area contributed by atoms with Gasteiger partial charge in [-0.25, -0.2) is 0 Å². The first-order valence-electron chi connectivity index (χ1n) is 7.53. The largest absolute Gasteiger partial charge is 0.337 e. The SMILES string of the molecule is CN(Cc1nc(-c2ccccc2Cl)no1)C(=O)c1ccc([N+](=O)[O-])cc1. The maximum Gasteiger partial charge on any atom is 0.269 e. The minimum atomic E-state index is -0.521. The van der Waals surface area contributed by atoms with Crippen LogP contribution in [0.3, 0.4) is 0 Å². The van der Waals surface area contributed by atoms with Gasteiger partial charge in [0.15, 0.2) is 0 Å². The molecule has 3 rings (SSSR count). The highest BCUT2D eigenvalue weighted by atomic mass is 35.5. The number of hydrogen-bond donors (Lipinski definition) is 0. The Morgan fingerprint density at radius 1 is 1.23 bits per heavy atom.